The summed E-state index contributed by atoms with van der Waals surface area (Å²) in [6.07, 6.45) is 3.23. The number of nitrogens with one attached hydrogen (secondary N) is 2. The Labute approximate surface area is 160 Å². The number of amides is 1. The fourth-order valence-corrected chi connectivity index (χ4v) is 2.94. The number of hydrogen-bond donors (Lipinski definition) is 3. The number of carbonyl (C=O) groups is 1. The normalized spacial score (nSPS) is 13.6. The van der Waals surface area contributed by atoms with Gasteiger partial charge in [0.15, 0.2) is 0 Å². The highest BCUT2D eigenvalue weighted by molar-refractivity contribution is 5.86. The van der Waals surface area contributed by atoms with E-state index in [1.54, 1.807) is 18.2 Å². The van der Waals surface area contributed by atoms with Crippen LogP contribution in [0.25, 0.3) is 22.2 Å². The molecule has 7 heteroatoms. The van der Waals surface area contributed by atoms with E-state index in [4.69, 9.17) is 5.11 Å². The van der Waals surface area contributed by atoms with E-state index in [-0.39, 0.29) is 29.8 Å². The summed E-state index contributed by atoms with van der Waals surface area (Å²) in [5, 5.41) is 11.5. The lowest BCUT2D eigenvalue weighted by Gasteiger charge is -2.23. The molecule has 1 fully saturated rings. The molecule has 3 N–H and O–H groups in total. The largest absolute Gasteiger partial charge is 0.395 e. The van der Waals surface area contributed by atoms with Crippen molar-refractivity contribution in [2.45, 2.75) is 19.3 Å². The number of aromatic amines is 1. The number of aromatic nitrogens is 1. The predicted molar refractivity (Wildman–Crippen MR) is 101 cm³/mol. The van der Waals surface area contributed by atoms with E-state index in [0.717, 1.165) is 18.9 Å². The van der Waals surface area contributed by atoms with Crippen LogP contribution in [0.4, 0.5) is 13.2 Å². The molecular formula is C21H21F3N2O2. The van der Waals surface area contributed by atoms with Gasteiger partial charge in [-0.25, -0.2) is 13.2 Å². The number of fused-ring (bicyclic) bond motifs is 1. The maximum Gasteiger partial charge on any atom is 0.223 e. The fourth-order valence-electron chi connectivity index (χ4n) is 2.94. The van der Waals surface area contributed by atoms with Crippen molar-refractivity contribution >= 4 is 16.8 Å². The Morgan fingerprint density at radius 3 is 2.39 bits per heavy atom. The summed E-state index contributed by atoms with van der Waals surface area (Å²) in [4.78, 5) is 13.8. The average Bonchev–Trinajstić information content (AvgIpc) is 3.04. The minimum absolute atomic E-state index is 0.0401. The van der Waals surface area contributed by atoms with Gasteiger partial charge >= 0.3 is 0 Å². The Kier molecular flexibility index (Phi) is 6.36. The molecule has 4 rings (SSSR count). The quantitative estimate of drug-likeness (QED) is 0.627. The lowest BCUT2D eigenvalue weighted by atomic mass is 9.85. The molecule has 28 heavy (non-hydrogen) atoms. The third kappa shape index (κ3) is 4.72. The van der Waals surface area contributed by atoms with Crippen molar-refractivity contribution in [3.8, 4) is 11.3 Å². The maximum atomic E-state index is 13.5. The Hall–Kier alpha value is -2.80. The highest BCUT2D eigenvalue weighted by atomic mass is 19.1. The van der Waals surface area contributed by atoms with E-state index < -0.39 is 11.6 Å². The van der Waals surface area contributed by atoms with Crippen molar-refractivity contribution in [2.75, 3.05) is 13.2 Å². The summed E-state index contributed by atoms with van der Waals surface area (Å²) >= 11 is 0. The van der Waals surface area contributed by atoms with Crippen molar-refractivity contribution in [1.29, 1.82) is 0 Å². The van der Waals surface area contributed by atoms with Crippen LogP contribution in [0.15, 0.2) is 42.5 Å². The molecule has 1 saturated carbocycles. The summed E-state index contributed by atoms with van der Waals surface area (Å²) in [6.45, 7) is 0.438. The summed E-state index contributed by atoms with van der Waals surface area (Å²) in [5.41, 5.74) is 1.58. The molecule has 0 unspecified atom stereocenters. The minimum Gasteiger partial charge on any atom is -0.395 e. The molecule has 0 bridgehead atoms. The number of H-pyrrole nitrogens is 1. The van der Waals surface area contributed by atoms with Crippen LogP contribution in [-0.2, 0) is 4.79 Å². The molecular weight excluding hydrogens is 369 g/mol. The van der Waals surface area contributed by atoms with Crippen molar-refractivity contribution in [2.24, 2.45) is 5.92 Å². The fraction of sp³-hybridized carbons (Fsp3) is 0.286. The lowest BCUT2D eigenvalue weighted by molar-refractivity contribution is -0.127. The number of aliphatic hydroxyl groups is 1. The molecule has 3 aromatic rings. The van der Waals surface area contributed by atoms with Crippen LogP contribution in [-0.4, -0.2) is 29.1 Å². The van der Waals surface area contributed by atoms with Crippen molar-refractivity contribution in [3.63, 3.8) is 0 Å². The summed E-state index contributed by atoms with van der Waals surface area (Å²) in [6, 6.07) is 9.50. The van der Waals surface area contributed by atoms with Gasteiger partial charge < -0.3 is 15.4 Å². The Morgan fingerprint density at radius 1 is 1.07 bits per heavy atom. The van der Waals surface area contributed by atoms with Gasteiger partial charge in [-0.05, 0) is 54.8 Å². The predicted octanol–water partition coefficient (Wildman–Crippen LogP) is 4.15. The molecule has 0 atom stereocenters. The first kappa shape index (κ1) is 19.9. The highest BCUT2D eigenvalue weighted by Crippen LogP contribution is 2.27. The van der Waals surface area contributed by atoms with Gasteiger partial charge in [-0.15, -0.1) is 0 Å². The molecule has 4 nitrogen and oxygen atoms in total. The smallest absolute Gasteiger partial charge is 0.223 e. The molecule has 1 aliphatic carbocycles. The van der Waals surface area contributed by atoms with Gasteiger partial charge in [-0.2, -0.15) is 0 Å². The van der Waals surface area contributed by atoms with E-state index >= 15 is 0 Å². The van der Waals surface area contributed by atoms with Gasteiger partial charge in [-0.3, -0.25) is 4.79 Å². The van der Waals surface area contributed by atoms with Gasteiger partial charge in [0, 0.05) is 29.6 Å². The molecule has 0 aliphatic heterocycles. The van der Waals surface area contributed by atoms with Gasteiger partial charge in [0.25, 0.3) is 0 Å². The monoisotopic (exact) mass is 390 g/mol. The summed E-state index contributed by atoms with van der Waals surface area (Å²) < 4.78 is 39.4. The molecule has 1 aliphatic rings. The zero-order chi connectivity index (χ0) is 20.1. The Bertz CT molecular complexity index is 950. The first-order valence-electron chi connectivity index (χ1n) is 9.10. The number of carbonyl (C=O) groups excluding carboxylic acids is 1. The van der Waals surface area contributed by atoms with Crippen LogP contribution in [0.1, 0.15) is 19.3 Å². The van der Waals surface area contributed by atoms with Crippen LogP contribution < -0.4 is 5.32 Å². The third-order valence-electron chi connectivity index (χ3n) is 4.69. The summed E-state index contributed by atoms with van der Waals surface area (Å²) in [7, 11) is 0. The zero-order valence-electron chi connectivity index (χ0n) is 15.1. The van der Waals surface area contributed by atoms with Crippen molar-refractivity contribution in [3.05, 3.63) is 59.9 Å². The Morgan fingerprint density at radius 2 is 1.79 bits per heavy atom. The second-order valence-electron chi connectivity index (χ2n) is 6.68. The molecule has 0 spiro atoms. The van der Waals surface area contributed by atoms with E-state index in [1.807, 2.05) is 0 Å². The van der Waals surface area contributed by atoms with Gasteiger partial charge in [0.2, 0.25) is 5.91 Å². The van der Waals surface area contributed by atoms with E-state index in [2.05, 4.69) is 10.3 Å². The molecule has 1 amide bonds. The third-order valence-corrected chi connectivity index (χ3v) is 4.69. The van der Waals surface area contributed by atoms with Crippen LogP contribution in [0, 0.1) is 23.4 Å². The average molecular weight is 390 g/mol. The second kappa shape index (κ2) is 8.93. The molecule has 1 heterocycles. The molecule has 0 saturated heterocycles. The van der Waals surface area contributed by atoms with E-state index in [9.17, 15) is 18.0 Å². The second-order valence-corrected chi connectivity index (χ2v) is 6.68. The maximum absolute atomic E-state index is 13.5. The number of rotatable bonds is 4. The Balaban J connectivity index is 0.000000192. The number of benzene rings is 2. The number of aliphatic hydroxyl groups excluding tert-OH is 1. The number of hydrogen-bond acceptors (Lipinski definition) is 2. The van der Waals surface area contributed by atoms with E-state index in [1.165, 1.54) is 24.6 Å². The topological polar surface area (TPSA) is 65.1 Å². The SMILES string of the molecule is Fc1ccc(-c2cc3cc(F)cc(F)c3[nH]2)cc1.O=C(NCCO)C1CCC1. The first-order valence-corrected chi connectivity index (χ1v) is 9.10. The van der Waals surface area contributed by atoms with Gasteiger partial charge in [-0.1, -0.05) is 6.42 Å². The van der Waals surface area contributed by atoms with Gasteiger partial charge in [0.05, 0.1) is 12.1 Å². The van der Waals surface area contributed by atoms with Gasteiger partial charge in [0.1, 0.15) is 17.5 Å². The van der Waals surface area contributed by atoms with Crippen LogP contribution >= 0.6 is 0 Å². The van der Waals surface area contributed by atoms with Crippen molar-refractivity contribution < 1.29 is 23.1 Å². The first-order chi connectivity index (χ1) is 13.5. The molecule has 1 aromatic heterocycles. The summed E-state index contributed by atoms with van der Waals surface area (Å²) in [5.74, 6) is -1.25. The highest BCUT2D eigenvalue weighted by Gasteiger charge is 2.24. The van der Waals surface area contributed by atoms with Crippen LogP contribution in [0.3, 0.4) is 0 Å². The number of halogens is 3. The molecule has 148 valence electrons. The molecule has 0 radical (unpaired) electrons. The van der Waals surface area contributed by atoms with Crippen LogP contribution in [0.5, 0.6) is 0 Å². The van der Waals surface area contributed by atoms with Crippen LogP contribution in [0.2, 0.25) is 0 Å². The van der Waals surface area contributed by atoms with Crippen molar-refractivity contribution in [1.82, 2.24) is 10.3 Å². The minimum atomic E-state index is -0.640. The zero-order valence-corrected chi connectivity index (χ0v) is 15.1. The molecule has 2 aromatic carbocycles. The standard InChI is InChI=1S/C14H8F3N.C7H13NO2/c15-10-3-1-8(2-4-10)13-6-9-5-11(16)7-12(17)14(9)18-13;9-5-4-8-7(10)6-2-1-3-6/h1-7,18H;6,9H,1-5H2,(H,8,10). The lowest BCUT2D eigenvalue weighted by Crippen LogP contribution is -2.35. The van der Waals surface area contributed by atoms with E-state index in [0.29, 0.717) is 23.2 Å².